The molecule has 0 saturated heterocycles. The van der Waals surface area contributed by atoms with E-state index in [-0.39, 0.29) is 18.1 Å². The minimum absolute atomic E-state index is 0.105. The SMILES string of the molecule is CCOC(=O)c1cc(-c2ccc(F)c(C)c2)on1. The Balaban J connectivity index is 2.29. The van der Waals surface area contributed by atoms with Crippen molar-refractivity contribution in [1.29, 1.82) is 0 Å². The topological polar surface area (TPSA) is 52.3 Å². The molecule has 0 spiro atoms. The largest absolute Gasteiger partial charge is 0.461 e. The van der Waals surface area contributed by atoms with E-state index in [4.69, 9.17) is 9.26 Å². The lowest BCUT2D eigenvalue weighted by Gasteiger charge is -1.98. The lowest BCUT2D eigenvalue weighted by molar-refractivity contribution is 0.0514. The van der Waals surface area contributed by atoms with Crippen LogP contribution in [0.1, 0.15) is 23.0 Å². The van der Waals surface area contributed by atoms with E-state index in [0.717, 1.165) is 0 Å². The molecular formula is C13H12FNO3. The van der Waals surface area contributed by atoms with Gasteiger partial charge in [0.1, 0.15) is 5.82 Å². The van der Waals surface area contributed by atoms with E-state index in [1.807, 2.05) is 0 Å². The number of hydrogen-bond donors (Lipinski definition) is 0. The fraction of sp³-hybridized carbons (Fsp3) is 0.231. The van der Waals surface area contributed by atoms with Crippen LogP contribution in [0, 0.1) is 12.7 Å². The molecular weight excluding hydrogens is 237 g/mol. The second kappa shape index (κ2) is 5.00. The summed E-state index contributed by atoms with van der Waals surface area (Å²) in [6, 6.07) is 6.02. The second-order valence-electron chi connectivity index (χ2n) is 3.76. The number of carbonyl (C=O) groups excluding carboxylic acids is 1. The fourth-order valence-electron chi connectivity index (χ4n) is 1.51. The third-order valence-electron chi connectivity index (χ3n) is 2.44. The third kappa shape index (κ3) is 2.40. The Kier molecular flexibility index (Phi) is 3.41. The summed E-state index contributed by atoms with van der Waals surface area (Å²) in [7, 11) is 0. The molecule has 0 fully saturated rings. The van der Waals surface area contributed by atoms with E-state index in [1.165, 1.54) is 12.1 Å². The Hall–Kier alpha value is -2.17. The number of nitrogens with zero attached hydrogens (tertiary/aromatic N) is 1. The highest BCUT2D eigenvalue weighted by atomic mass is 19.1. The number of aryl methyl sites for hydroxylation is 1. The van der Waals surface area contributed by atoms with E-state index in [1.54, 1.807) is 26.0 Å². The van der Waals surface area contributed by atoms with Crippen LogP contribution in [-0.4, -0.2) is 17.7 Å². The third-order valence-corrected chi connectivity index (χ3v) is 2.44. The van der Waals surface area contributed by atoms with Gasteiger partial charge in [-0.05, 0) is 37.6 Å². The summed E-state index contributed by atoms with van der Waals surface area (Å²) in [5.41, 5.74) is 1.27. The average Bonchev–Trinajstić information content (AvgIpc) is 2.82. The number of halogens is 1. The molecule has 5 heteroatoms. The Morgan fingerprint density at radius 3 is 2.89 bits per heavy atom. The Labute approximate surface area is 103 Å². The quantitative estimate of drug-likeness (QED) is 0.785. The minimum Gasteiger partial charge on any atom is -0.461 e. The van der Waals surface area contributed by atoms with Crippen LogP contribution in [0.15, 0.2) is 28.8 Å². The van der Waals surface area contributed by atoms with Crippen LogP contribution in [-0.2, 0) is 4.74 Å². The van der Waals surface area contributed by atoms with Crippen molar-refractivity contribution in [1.82, 2.24) is 5.16 Å². The molecule has 94 valence electrons. The number of benzene rings is 1. The average molecular weight is 249 g/mol. The Morgan fingerprint density at radius 2 is 2.22 bits per heavy atom. The molecule has 4 nitrogen and oxygen atoms in total. The van der Waals surface area contributed by atoms with Crippen LogP contribution in [0.3, 0.4) is 0 Å². The summed E-state index contributed by atoms with van der Waals surface area (Å²) in [4.78, 5) is 11.4. The first-order valence-corrected chi connectivity index (χ1v) is 5.52. The second-order valence-corrected chi connectivity index (χ2v) is 3.76. The molecule has 0 N–H and O–H groups in total. The van der Waals surface area contributed by atoms with Gasteiger partial charge in [0.25, 0.3) is 0 Å². The number of aromatic nitrogens is 1. The summed E-state index contributed by atoms with van der Waals surface area (Å²) < 4.78 is 23.0. The lowest BCUT2D eigenvalue weighted by Crippen LogP contribution is -2.04. The van der Waals surface area contributed by atoms with Crippen molar-refractivity contribution >= 4 is 5.97 Å². The smallest absolute Gasteiger partial charge is 0.360 e. The zero-order valence-electron chi connectivity index (χ0n) is 10.1. The summed E-state index contributed by atoms with van der Waals surface area (Å²) in [5.74, 6) is -0.420. The van der Waals surface area contributed by atoms with Crippen molar-refractivity contribution in [2.75, 3.05) is 6.61 Å². The minimum atomic E-state index is -0.536. The monoisotopic (exact) mass is 249 g/mol. The first-order chi connectivity index (χ1) is 8.61. The first-order valence-electron chi connectivity index (χ1n) is 5.52. The summed E-state index contributed by atoms with van der Waals surface area (Å²) in [6.45, 7) is 3.64. The summed E-state index contributed by atoms with van der Waals surface area (Å²) in [6.07, 6.45) is 0. The molecule has 2 aromatic rings. The van der Waals surface area contributed by atoms with Crippen molar-refractivity contribution in [3.05, 3.63) is 41.3 Å². The van der Waals surface area contributed by atoms with Crippen LogP contribution < -0.4 is 0 Å². The number of carbonyl (C=O) groups is 1. The molecule has 0 bridgehead atoms. The highest BCUT2D eigenvalue weighted by Crippen LogP contribution is 2.22. The van der Waals surface area contributed by atoms with Crippen molar-refractivity contribution in [3.8, 4) is 11.3 Å². The first kappa shape index (κ1) is 12.3. The standard InChI is InChI=1S/C13H12FNO3/c1-3-17-13(16)11-7-12(18-15-11)9-4-5-10(14)8(2)6-9/h4-7H,3H2,1-2H3. The van der Waals surface area contributed by atoms with Gasteiger partial charge in [-0.1, -0.05) is 5.16 Å². The van der Waals surface area contributed by atoms with E-state index in [9.17, 15) is 9.18 Å². The van der Waals surface area contributed by atoms with E-state index < -0.39 is 5.97 Å². The molecule has 0 atom stereocenters. The molecule has 0 aliphatic rings. The maximum Gasteiger partial charge on any atom is 0.360 e. The van der Waals surface area contributed by atoms with Gasteiger partial charge in [-0.3, -0.25) is 0 Å². The molecule has 0 saturated carbocycles. The highest BCUT2D eigenvalue weighted by molar-refractivity contribution is 5.88. The molecule has 0 aliphatic heterocycles. The summed E-state index contributed by atoms with van der Waals surface area (Å²) >= 11 is 0. The van der Waals surface area contributed by atoms with Gasteiger partial charge in [0.2, 0.25) is 0 Å². The maximum absolute atomic E-state index is 13.1. The maximum atomic E-state index is 13.1. The van der Waals surface area contributed by atoms with Gasteiger partial charge >= 0.3 is 5.97 Å². The zero-order chi connectivity index (χ0) is 13.1. The normalized spacial score (nSPS) is 10.4. The molecule has 1 aromatic carbocycles. The van der Waals surface area contributed by atoms with Crippen molar-refractivity contribution < 1.29 is 18.4 Å². The van der Waals surface area contributed by atoms with Crippen LogP contribution in [0.25, 0.3) is 11.3 Å². The number of rotatable bonds is 3. The van der Waals surface area contributed by atoms with Crippen LogP contribution in [0.2, 0.25) is 0 Å². The Morgan fingerprint density at radius 1 is 1.44 bits per heavy atom. The lowest BCUT2D eigenvalue weighted by atomic mass is 10.1. The molecule has 18 heavy (non-hydrogen) atoms. The number of hydrogen-bond acceptors (Lipinski definition) is 4. The molecule has 0 radical (unpaired) electrons. The molecule has 0 amide bonds. The Bertz CT molecular complexity index is 577. The van der Waals surface area contributed by atoms with Crippen LogP contribution in [0.5, 0.6) is 0 Å². The van der Waals surface area contributed by atoms with E-state index >= 15 is 0 Å². The van der Waals surface area contributed by atoms with Gasteiger partial charge in [-0.15, -0.1) is 0 Å². The van der Waals surface area contributed by atoms with Crippen LogP contribution in [0.4, 0.5) is 4.39 Å². The van der Waals surface area contributed by atoms with Gasteiger partial charge in [-0.25, -0.2) is 9.18 Å². The predicted octanol–water partition coefficient (Wildman–Crippen LogP) is 2.97. The fourth-order valence-corrected chi connectivity index (χ4v) is 1.51. The van der Waals surface area contributed by atoms with Crippen molar-refractivity contribution in [2.45, 2.75) is 13.8 Å². The number of ether oxygens (including phenoxy) is 1. The molecule has 2 rings (SSSR count). The van der Waals surface area contributed by atoms with Gasteiger partial charge in [0, 0.05) is 11.6 Å². The highest BCUT2D eigenvalue weighted by Gasteiger charge is 2.14. The zero-order valence-corrected chi connectivity index (χ0v) is 10.1. The van der Waals surface area contributed by atoms with Crippen molar-refractivity contribution in [2.24, 2.45) is 0 Å². The molecule has 0 unspecified atom stereocenters. The van der Waals surface area contributed by atoms with E-state index in [0.29, 0.717) is 16.9 Å². The molecule has 1 aromatic heterocycles. The number of esters is 1. The molecule has 1 heterocycles. The van der Waals surface area contributed by atoms with Gasteiger partial charge in [0.15, 0.2) is 11.5 Å². The van der Waals surface area contributed by atoms with Crippen molar-refractivity contribution in [3.63, 3.8) is 0 Å². The predicted molar refractivity (Wildman–Crippen MR) is 62.6 cm³/mol. The van der Waals surface area contributed by atoms with Gasteiger partial charge < -0.3 is 9.26 Å². The van der Waals surface area contributed by atoms with Gasteiger partial charge in [0.05, 0.1) is 6.61 Å². The van der Waals surface area contributed by atoms with E-state index in [2.05, 4.69) is 5.16 Å². The van der Waals surface area contributed by atoms with Crippen LogP contribution >= 0.6 is 0 Å². The summed E-state index contributed by atoms with van der Waals surface area (Å²) in [5, 5.41) is 3.62. The molecule has 0 aliphatic carbocycles. The van der Waals surface area contributed by atoms with Gasteiger partial charge in [-0.2, -0.15) is 0 Å².